The normalized spacial score (nSPS) is 16.2. The lowest BCUT2D eigenvalue weighted by atomic mass is 9.75. The van der Waals surface area contributed by atoms with Gasteiger partial charge in [-0.2, -0.15) is 0 Å². The molecule has 0 fully saturated rings. The molecule has 162 valence electrons. The van der Waals surface area contributed by atoms with Gasteiger partial charge in [-0.1, -0.05) is 98.7 Å². The topological polar surface area (TPSA) is 0 Å². The van der Waals surface area contributed by atoms with Crippen molar-refractivity contribution in [2.75, 3.05) is 0 Å². The largest absolute Gasteiger partial charge is 0.0577 e. The molecule has 3 aromatic rings. The van der Waals surface area contributed by atoms with E-state index in [1.54, 1.807) is 48.9 Å². The molecule has 0 nitrogen and oxygen atoms in total. The Kier molecular flexibility index (Phi) is 4.41. The highest BCUT2D eigenvalue weighted by Gasteiger charge is 2.39. The molecule has 0 amide bonds. The van der Waals surface area contributed by atoms with Crippen molar-refractivity contribution in [3.05, 3.63) is 64.2 Å². The molecule has 2 aliphatic rings. The van der Waals surface area contributed by atoms with Gasteiger partial charge in [-0.05, 0) is 91.5 Å². The van der Waals surface area contributed by atoms with Gasteiger partial charge < -0.3 is 0 Å². The van der Waals surface area contributed by atoms with Crippen LogP contribution in [0.25, 0.3) is 10.8 Å². The first kappa shape index (κ1) is 21.2. The lowest BCUT2D eigenvalue weighted by molar-refractivity contribution is 0.553. The first-order chi connectivity index (χ1) is 14.3. The van der Waals surface area contributed by atoms with Crippen LogP contribution in [0.15, 0.2) is 36.4 Å². The molecule has 0 aromatic heterocycles. The lowest BCUT2D eigenvalue weighted by Crippen LogP contribution is -2.40. The van der Waals surface area contributed by atoms with E-state index in [0.717, 1.165) is 0 Å². The van der Waals surface area contributed by atoms with Gasteiger partial charge in [0, 0.05) is 0 Å². The Balaban J connectivity index is 1.83. The summed E-state index contributed by atoms with van der Waals surface area (Å²) in [6.45, 7) is 21.5. The molecule has 1 heterocycles. The summed E-state index contributed by atoms with van der Waals surface area (Å²) in [6.07, 6.45) is 2.43. The Morgan fingerprint density at radius 3 is 1.42 bits per heavy atom. The van der Waals surface area contributed by atoms with Gasteiger partial charge in [-0.25, -0.2) is 0 Å². The standard InChI is InChI=1S/C30H37P/c1-28(2,3)20-16-21(29(4,5)6)27(22(17-20)30(7,8)9)31-23-14-12-18-10-11-19-13-15-24(31)26(23)25(18)19/h12-17H,10-11H2,1-9H3. The van der Waals surface area contributed by atoms with Gasteiger partial charge >= 0.3 is 0 Å². The predicted octanol–water partition coefficient (Wildman–Crippen LogP) is 6.90. The van der Waals surface area contributed by atoms with Gasteiger partial charge in [-0.3, -0.25) is 0 Å². The van der Waals surface area contributed by atoms with Crippen LogP contribution in [0.4, 0.5) is 0 Å². The van der Waals surface area contributed by atoms with E-state index in [-0.39, 0.29) is 16.2 Å². The van der Waals surface area contributed by atoms with Crippen LogP contribution in [0.3, 0.4) is 0 Å². The summed E-state index contributed by atoms with van der Waals surface area (Å²) in [5, 5.41) is 8.06. The highest BCUT2D eigenvalue weighted by molar-refractivity contribution is 7.83. The van der Waals surface area contributed by atoms with Gasteiger partial charge in [0.25, 0.3) is 0 Å². The molecule has 0 N–H and O–H groups in total. The molecule has 1 aliphatic heterocycles. The minimum atomic E-state index is -0.443. The van der Waals surface area contributed by atoms with Crippen LogP contribution >= 0.6 is 7.92 Å². The Hall–Kier alpha value is -1.65. The molecule has 31 heavy (non-hydrogen) atoms. The molecule has 1 aliphatic carbocycles. The van der Waals surface area contributed by atoms with Crippen molar-refractivity contribution in [1.29, 1.82) is 0 Å². The highest BCUT2D eigenvalue weighted by Crippen LogP contribution is 2.51. The second kappa shape index (κ2) is 6.45. The first-order valence-corrected chi connectivity index (χ1v) is 13.2. The van der Waals surface area contributed by atoms with Crippen LogP contribution in [0.2, 0.25) is 0 Å². The van der Waals surface area contributed by atoms with E-state index in [9.17, 15) is 0 Å². The van der Waals surface area contributed by atoms with Crippen molar-refractivity contribution in [3.8, 4) is 0 Å². The third-order valence-electron chi connectivity index (χ3n) is 7.25. The van der Waals surface area contributed by atoms with Crippen molar-refractivity contribution in [2.45, 2.75) is 91.4 Å². The third-order valence-corrected chi connectivity index (χ3v) is 9.89. The maximum absolute atomic E-state index is 2.54. The number of rotatable bonds is 1. The monoisotopic (exact) mass is 428 g/mol. The predicted molar refractivity (Wildman–Crippen MR) is 140 cm³/mol. The number of benzene rings is 3. The average molecular weight is 429 g/mol. The molecule has 0 spiro atoms. The highest BCUT2D eigenvalue weighted by atomic mass is 31.1. The fourth-order valence-electron chi connectivity index (χ4n) is 5.44. The molecular formula is C30H37P. The number of aryl methyl sites for hydroxylation is 2. The summed E-state index contributed by atoms with van der Waals surface area (Å²) in [6, 6.07) is 14.9. The maximum Gasteiger partial charge on any atom is -0.00111 e. The van der Waals surface area contributed by atoms with Crippen LogP contribution in [-0.2, 0) is 29.1 Å². The molecular weight excluding hydrogens is 391 g/mol. The average Bonchev–Trinajstić information content (AvgIpc) is 3.01. The fraction of sp³-hybridized carbons (Fsp3) is 0.467. The van der Waals surface area contributed by atoms with E-state index in [1.165, 1.54) is 18.4 Å². The van der Waals surface area contributed by atoms with Crippen molar-refractivity contribution in [2.24, 2.45) is 0 Å². The van der Waals surface area contributed by atoms with E-state index in [4.69, 9.17) is 0 Å². The lowest BCUT2D eigenvalue weighted by Gasteiger charge is -2.40. The van der Waals surface area contributed by atoms with Gasteiger partial charge in [-0.15, -0.1) is 0 Å². The SMILES string of the molecule is CC(C)(C)c1cc(C(C)(C)C)c(P2c3ccc4c5c(ccc2c35)CC4)c(C(C)(C)C)c1. The molecule has 1 heteroatoms. The van der Waals surface area contributed by atoms with E-state index >= 15 is 0 Å². The zero-order valence-corrected chi connectivity index (χ0v) is 21.7. The second-order valence-electron chi connectivity index (χ2n) is 12.7. The zero-order chi connectivity index (χ0) is 22.5. The Labute approximate surface area is 190 Å². The van der Waals surface area contributed by atoms with Gasteiger partial charge in [0.05, 0.1) is 0 Å². The maximum atomic E-state index is 2.54. The van der Waals surface area contributed by atoms with Crippen LogP contribution in [0.5, 0.6) is 0 Å². The van der Waals surface area contributed by atoms with E-state index in [0.29, 0.717) is 0 Å². The molecule has 0 radical (unpaired) electrons. The molecule has 0 unspecified atom stereocenters. The molecule has 0 bridgehead atoms. The van der Waals surface area contributed by atoms with Crippen molar-refractivity contribution in [3.63, 3.8) is 0 Å². The van der Waals surface area contributed by atoms with Crippen LogP contribution in [0, 0.1) is 0 Å². The van der Waals surface area contributed by atoms with Crippen molar-refractivity contribution >= 4 is 34.6 Å². The van der Waals surface area contributed by atoms with E-state index in [2.05, 4.69) is 98.7 Å². The molecule has 3 aromatic carbocycles. The summed E-state index contributed by atoms with van der Waals surface area (Å²) in [4.78, 5) is 0. The van der Waals surface area contributed by atoms with Crippen LogP contribution < -0.4 is 15.9 Å². The summed E-state index contributed by atoms with van der Waals surface area (Å²) < 4.78 is 0. The minimum Gasteiger partial charge on any atom is -0.0577 e. The smallest absolute Gasteiger partial charge is 0.00111 e. The molecule has 0 atom stereocenters. The van der Waals surface area contributed by atoms with Crippen LogP contribution in [0.1, 0.15) is 90.1 Å². The van der Waals surface area contributed by atoms with Crippen molar-refractivity contribution in [1.82, 2.24) is 0 Å². The molecule has 0 saturated heterocycles. The minimum absolute atomic E-state index is 0.113. The first-order valence-electron chi connectivity index (χ1n) is 11.9. The summed E-state index contributed by atoms with van der Waals surface area (Å²) in [5.74, 6) is 0. The molecule has 0 saturated carbocycles. The van der Waals surface area contributed by atoms with Gasteiger partial charge in [0.15, 0.2) is 0 Å². The van der Waals surface area contributed by atoms with Crippen LogP contribution in [-0.4, -0.2) is 0 Å². The summed E-state index contributed by atoms with van der Waals surface area (Å²) in [7, 11) is -0.443. The zero-order valence-electron chi connectivity index (χ0n) is 20.8. The van der Waals surface area contributed by atoms with Gasteiger partial charge in [0.1, 0.15) is 0 Å². The van der Waals surface area contributed by atoms with E-state index < -0.39 is 7.92 Å². The summed E-state index contributed by atoms with van der Waals surface area (Å²) in [5.41, 5.74) is 8.09. The molecule has 5 rings (SSSR count). The number of hydrogen-bond donors (Lipinski definition) is 0. The Bertz CT molecular complexity index is 1140. The quantitative estimate of drug-likeness (QED) is 0.289. The van der Waals surface area contributed by atoms with Crippen molar-refractivity contribution < 1.29 is 0 Å². The Morgan fingerprint density at radius 1 is 0.581 bits per heavy atom. The van der Waals surface area contributed by atoms with E-state index in [1.807, 2.05) is 0 Å². The second-order valence-corrected chi connectivity index (χ2v) is 14.8. The number of hydrogen-bond acceptors (Lipinski definition) is 0. The fourth-order valence-corrected chi connectivity index (χ4v) is 8.65. The summed E-state index contributed by atoms with van der Waals surface area (Å²) >= 11 is 0. The third kappa shape index (κ3) is 3.13. The van der Waals surface area contributed by atoms with Gasteiger partial charge in [0.2, 0.25) is 0 Å². The Morgan fingerprint density at radius 2 is 1.03 bits per heavy atom.